The molecule has 7 nitrogen and oxygen atoms in total. The minimum absolute atomic E-state index is 0.00438. The van der Waals surface area contributed by atoms with Crippen LogP contribution in [0.25, 0.3) is 0 Å². The number of rotatable bonds is 6. The minimum atomic E-state index is -3.48. The second-order valence-corrected chi connectivity index (χ2v) is 11.7. The van der Waals surface area contributed by atoms with Crippen LogP contribution >= 0.6 is 11.3 Å². The molecule has 1 aromatic carbocycles. The number of morpholine rings is 1. The lowest BCUT2D eigenvalue weighted by Gasteiger charge is -2.35. The lowest BCUT2D eigenvalue weighted by Crippen LogP contribution is -2.46. The highest BCUT2D eigenvalue weighted by Gasteiger charge is 2.28. The molecule has 2 fully saturated rings. The second-order valence-electron chi connectivity index (χ2n) is 8.77. The zero-order valence-corrected chi connectivity index (χ0v) is 20.2. The van der Waals surface area contributed by atoms with Crippen molar-refractivity contribution in [3.05, 3.63) is 52.9 Å². The number of thiophene rings is 1. The molecule has 0 saturated carbocycles. The molecule has 0 radical (unpaired) electrons. The van der Waals surface area contributed by atoms with Crippen molar-refractivity contribution in [2.75, 3.05) is 26.2 Å². The molecule has 0 bridgehead atoms. The van der Waals surface area contributed by atoms with E-state index in [4.69, 9.17) is 4.74 Å². The molecule has 1 amide bonds. The quantitative estimate of drug-likeness (QED) is 0.692. The maximum Gasteiger partial charge on any atom is 0.253 e. The first-order valence-corrected chi connectivity index (χ1v) is 13.5. The molecule has 2 saturated heterocycles. The maximum absolute atomic E-state index is 12.9. The van der Waals surface area contributed by atoms with Gasteiger partial charge in [0.25, 0.3) is 5.91 Å². The second kappa shape index (κ2) is 10.0. The third kappa shape index (κ3) is 5.77. The Morgan fingerprint density at radius 2 is 1.75 bits per heavy atom. The Morgan fingerprint density at radius 1 is 1.09 bits per heavy atom. The van der Waals surface area contributed by atoms with Crippen molar-refractivity contribution in [2.24, 2.45) is 0 Å². The lowest BCUT2D eigenvalue weighted by atomic mass is 10.0. The van der Waals surface area contributed by atoms with Crippen molar-refractivity contribution < 1.29 is 17.9 Å². The van der Waals surface area contributed by atoms with Crippen LogP contribution in [0.15, 0.2) is 46.0 Å². The summed E-state index contributed by atoms with van der Waals surface area (Å²) in [5.41, 5.74) is 1.86. The fraction of sp³-hybridized carbons (Fsp3) is 0.522. The Morgan fingerprint density at radius 3 is 2.34 bits per heavy atom. The van der Waals surface area contributed by atoms with Crippen molar-refractivity contribution in [1.82, 2.24) is 14.5 Å². The van der Waals surface area contributed by atoms with Crippen LogP contribution in [-0.4, -0.2) is 68.6 Å². The first-order chi connectivity index (χ1) is 15.3. The van der Waals surface area contributed by atoms with Crippen molar-refractivity contribution in [3.63, 3.8) is 0 Å². The van der Waals surface area contributed by atoms with Gasteiger partial charge in [0.2, 0.25) is 10.0 Å². The average molecular weight is 478 g/mol. The number of nitrogens with zero attached hydrogens (tertiary/aromatic N) is 2. The van der Waals surface area contributed by atoms with Gasteiger partial charge in [-0.25, -0.2) is 13.1 Å². The number of sulfonamides is 1. The summed E-state index contributed by atoms with van der Waals surface area (Å²) in [5, 5.41) is 1.75. The number of ether oxygens (including phenoxy) is 1. The van der Waals surface area contributed by atoms with Gasteiger partial charge in [-0.2, -0.15) is 0 Å². The number of benzene rings is 1. The van der Waals surface area contributed by atoms with E-state index in [2.05, 4.69) is 23.5 Å². The van der Waals surface area contributed by atoms with E-state index >= 15 is 0 Å². The third-order valence-corrected chi connectivity index (χ3v) is 8.88. The number of piperidine rings is 1. The zero-order valence-electron chi connectivity index (χ0n) is 18.6. The van der Waals surface area contributed by atoms with E-state index in [1.807, 2.05) is 29.2 Å². The summed E-state index contributed by atoms with van der Waals surface area (Å²) in [6, 6.07) is 11.0. The summed E-state index contributed by atoms with van der Waals surface area (Å²) in [6.45, 7) is 7.96. The van der Waals surface area contributed by atoms with Gasteiger partial charge < -0.3 is 9.64 Å². The fourth-order valence-corrected chi connectivity index (χ4v) is 6.82. The molecular weight excluding hydrogens is 446 g/mol. The van der Waals surface area contributed by atoms with E-state index in [1.54, 1.807) is 17.5 Å². The van der Waals surface area contributed by atoms with E-state index < -0.39 is 10.0 Å². The van der Waals surface area contributed by atoms with E-state index in [0.29, 0.717) is 35.7 Å². The standard InChI is InChI=1S/C23H31N3O4S2/c1-17-14-25(15-18(2)30-17)16-19-5-7-20(8-6-19)23(27)26-11-9-21(10-12-26)24-32(28,29)22-4-3-13-31-22/h3-8,13,17-18,21,24H,9-12,14-16H2,1-2H3. The maximum atomic E-state index is 12.9. The van der Waals surface area contributed by atoms with Crippen LogP contribution in [0.1, 0.15) is 42.6 Å². The summed E-state index contributed by atoms with van der Waals surface area (Å²) >= 11 is 1.21. The van der Waals surface area contributed by atoms with Crippen molar-refractivity contribution in [1.29, 1.82) is 0 Å². The van der Waals surface area contributed by atoms with Crippen molar-refractivity contribution in [3.8, 4) is 0 Å². The number of hydrogen-bond acceptors (Lipinski definition) is 6. The molecule has 3 heterocycles. The molecule has 2 aliphatic heterocycles. The molecule has 2 aromatic rings. The Hall–Kier alpha value is -1.78. The molecular formula is C23H31N3O4S2. The molecule has 1 N–H and O–H groups in total. The van der Waals surface area contributed by atoms with Gasteiger partial charge in [-0.05, 0) is 55.8 Å². The Labute approximate surface area is 194 Å². The van der Waals surface area contributed by atoms with Crippen LogP contribution in [0.5, 0.6) is 0 Å². The van der Waals surface area contributed by atoms with Gasteiger partial charge >= 0.3 is 0 Å². The van der Waals surface area contributed by atoms with E-state index in [0.717, 1.165) is 19.6 Å². The van der Waals surface area contributed by atoms with Gasteiger partial charge in [0, 0.05) is 44.3 Å². The highest BCUT2D eigenvalue weighted by Crippen LogP contribution is 2.20. The number of nitrogens with one attached hydrogen (secondary N) is 1. The van der Waals surface area contributed by atoms with Crippen LogP contribution in [0.2, 0.25) is 0 Å². The number of amides is 1. The fourth-order valence-electron chi connectivity index (χ4n) is 4.50. The molecule has 0 spiro atoms. The first kappa shape index (κ1) is 23.4. The zero-order chi connectivity index (χ0) is 22.7. The molecule has 2 unspecified atom stereocenters. The van der Waals surface area contributed by atoms with Gasteiger partial charge in [-0.1, -0.05) is 18.2 Å². The normalized spacial score (nSPS) is 23.4. The summed E-state index contributed by atoms with van der Waals surface area (Å²) in [6.07, 6.45) is 1.69. The number of carbonyl (C=O) groups is 1. The van der Waals surface area contributed by atoms with Crippen LogP contribution in [0.3, 0.4) is 0 Å². The van der Waals surface area contributed by atoms with Crippen LogP contribution in [0, 0.1) is 0 Å². The predicted octanol–water partition coefficient (Wildman–Crippen LogP) is 2.94. The number of likely N-dealkylation sites (tertiary alicyclic amines) is 1. The van der Waals surface area contributed by atoms with Crippen LogP contribution < -0.4 is 4.72 Å². The van der Waals surface area contributed by atoms with Gasteiger partial charge in [-0.15, -0.1) is 11.3 Å². The monoisotopic (exact) mass is 477 g/mol. The molecule has 9 heteroatoms. The summed E-state index contributed by atoms with van der Waals surface area (Å²) in [4.78, 5) is 17.1. The van der Waals surface area contributed by atoms with Crippen LogP contribution in [0.4, 0.5) is 0 Å². The average Bonchev–Trinajstić information content (AvgIpc) is 3.29. The van der Waals surface area contributed by atoms with Crippen LogP contribution in [-0.2, 0) is 21.3 Å². The highest BCUT2D eigenvalue weighted by molar-refractivity contribution is 7.91. The molecule has 4 rings (SSSR count). The highest BCUT2D eigenvalue weighted by atomic mass is 32.2. The first-order valence-electron chi connectivity index (χ1n) is 11.1. The topological polar surface area (TPSA) is 79.0 Å². The molecule has 2 atom stereocenters. The molecule has 32 heavy (non-hydrogen) atoms. The largest absolute Gasteiger partial charge is 0.373 e. The van der Waals surface area contributed by atoms with Crippen molar-refractivity contribution in [2.45, 2.75) is 55.7 Å². The molecule has 0 aliphatic carbocycles. The predicted molar refractivity (Wildman–Crippen MR) is 125 cm³/mol. The molecule has 2 aliphatic rings. The lowest BCUT2D eigenvalue weighted by molar-refractivity contribution is -0.0704. The van der Waals surface area contributed by atoms with E-state index in [9.17, 15) is 13.2 Å². The van der Waals surface area contributed by atoms with E-state index in [-0.39, 0.29) is 24.2 Å². The SMILES string of the molecule is CC1CN(Cc2ccc(C(=O)N3CCC(NS(=O)(=O)c4cccs4)CC3)cc2)CC(C)O1. The minimum Gasteiger partial charge on any atom is -0.373 e. The Balaban J connectivity index is 1.28. The Bertz CT molecular complexity index is 990. The van der Waals surface area contributed by atoms with E-state index in [1.165, 1.54) is 16.9 Å². The van der Waals surface area contributed by atoms with Gasteiger partial charge in [0.05, 0.1) is 12.2 Å². The summed E-state index contributed by atoms with van der Waals surface area (Å²) in [5.74, 6) is 0.00438. The summed E-state index contributed by atoms with van der Waals surface area (Å²) in [7, 11) is -3.48. The molecule has 1 aromatic heterocycles. The number of carbonyl (C=O) groups excluding carboxylic acids is 1. The number of hydrogen-bond donors (Lipinski definition) is 1. The van der Waals surface area contributed by atoms with Gasteiger partial charge in [0.15, 0.2) is 0 Å². The van der Waals surface area contributed by atoms with Gasteiger partial charge in [-0.3, -0.25) is 9.69 Å². The Kier molecular flexibility index (Phi) is 7.31. The smallest absolute Gasteiger partial charge is 0.253 e. The summed E-state index contributed by atoms with van der Waals surface area (Å²) < 4.78 is 33.7. The van der Waals surface area contributed by atoms with Crippen molar-refractivity contribution >= 4 is 27.3 Å². The molecule has 174 valence electrons. The van der Waals surface area contributed by atoms with Gasteiger partial charge in [0.1, 0.15) is 4.21 Å². The third-order valence-electron chi connectivity index (χ3n) is 5.97.